The quantitative estimate of drug-likeness (QED) is 0.406. The number of imidazole rings is 1. The molecule has 6 nitrogen and oxygen atoms in total. The van der Waals surface area contributed by atoms with E-state index in [1.54, 1.807) is 27.7 Å². The van der Waals surface area contributed by atoms with Crippen LogP contribution in [0.15, 0.2) is 54.9 Å². The molecule has 4 aromatic rings. The molecule has 1 aromatic carbocycles. The number of nitrogens with zero attached hydrogens (tertiary/aromatic N) is 5. The molecule has 0 N–H and O–H groups in total. The zero-order chi connectivity index (χ0) is 23.9. The Labute approximate surface area is 199 Å². The highest BCUT2D eigenvalue weighted by molar-refractivity contribution is 5.68. The molecule has 178 valence electrons. The van der Waals surface area contributed by atoms with E-state index in [-0.39, 0.29) is 18.5 Å². The Morgan fingerprint density at radius 1 is 0.971 bits per heavy atom. The summed E-state index contributed by atoms with van der Waals surface area (Å²) in [5.74, 6) is -0.242. The summed E-state index contributed by atoms with van der Waals surface area (Å²) in [6.07, 6.45) is 6.17. The van der Waals surface area contributed by atoms with Crippen LogP contribution in [0.2, 0.25) is 0 Å². The van der Waals surface area contributed by atoms with Crippen molar-refractivity contribution < 1.29 is 17.9 Å². The molecule has 0 amide bonds. The summed E-state index contributed by atoms with van der Waals surface area (Å²) in [5, 5.41) is 4.66. The van der Waals surface area contributed by atoms with Gasteiger partial charge in [-0.3, -0.25) is 4.98 Å². The van der Waals surface area contributed by atoms with Crippen LogP contribution in [-0.4, -0.2) is 45.5 Å². The fourth-order valence-corrected chi connectivity index (χ4v) is 4.61. The molecular weight excluding hydrogens is 455 g/mol. The molecule has 0 bridgehead atoms. The Kier molecular flexibility index (Phi) is 5.49. The first-order valence-electron chi connectivity index (χ1n) is 11.5. The zero-order valence-corrected chi connectivity index (χ0v) is 18.7. The van der Waals surface area contributed by atoms with Crippen LogP contribution in [0.25, 0.3) is 17.8 Å². The van der Waals surface area contributed by atoms with E-state index in [9.17, 15) is 13.2 Å². The van der Waals surface area contributed by atoms with Crippen molar-refractivity contribution in [1.82, 2.24) is 19.6 Å². The Hall–Kier alpha value is -3.72. The van der Waals surface area contributed by atoms with Gasteiger partial charge in [0, 0.05) is 24.1 Å². The van der Waals surface area contributed by atoms with Crippen molar-refractivity contribution in [2.75, 3.05) is 24.7 Å². The first kappa shape index (κ1) is 21.8. The van der Waals surface area contributed by atoms with Gasteiger partial charge < -0.3 is 9.64 Å². The highest BCUT2D eigenvalue weighted by Crippen LogP contribution is 2.38. The highest BCUT2D eigenvalue weighted by atomic mass is 19.1. The number of halogens is 3. The van der Waals surface area contributed by atoms with E-state index >= 15 is 0 Å². The summed E-state index contributed by atoms with van der Waals surface area (Å²) in [6, 6.07) is 10.1. The summed E-state index contributed by atoms with van der Waals surface area (Å²) in [7, 11) is 0. The first-order valence-corrected chi connectivity index (χ1v) is 11.5. The summed E-state index contributed by atoms with van der Waals surface area (Å²) in [6.45, 7) is 1.51. The number of ether oxygens (including phenoxy) is 1. The van der Waals surface area contributed by atoms with Crippen LogP contribution in [0, 0.1) is 11.6 Å². The number of alkyl halides is 1. The second kappa shape index (κ2) is 8.81. The largest absolute Gasteiger partial charge is 0.380 e. The topological polar surface area (TPSA) is 55.5 Å². The van der Waals surface area contributed by atoms with Crippen molar-refractivity contribution in [1.29, 1.82) is 0 Å². The molecule has 6 rings (SSSR count). The van der Waals surface area contributed by atoms with Gasteiger partial charge >= 0.3 is 0 Å². The molecule has 0 radical (unpaired) electrons. The van der Waals surface area contributed by atoms with Gasteiger partial charge in [0.25, 0.3) is 0 Å². The monoisotopic (exact) mass is 477 g/mol. The van der Waals surface area contributed by atoms with Gasteiger partial charge in [-0.2, -0.15) is 0 Å². The standard InChI is InChI=1S/C26H22F3N5O/c27-18-2-6-23(29)22(9-18)24-10-19(28)13-33(24)26-8-7-25-31-12-21(34(25)32-26)5-4-20-3-1-16(11-30-20)17-14-35-15-17/h1-9,11-12,17,19,24H,10,13-15H2/b5-4+/t19-,24+/m0/s1. The number of hydrogen-bond donors (Lipinski definition) is 0. The number of hydrogen-bond acceptors (Lipinski definition) is 5. The van der Waals surface area contributed by atoms with Crippen molar-refractivity contribution in [2.45, 2.75) is 24.6 Å². The summed E-state index contributed by atoms with van der Waals surface area (Å²) in [4.78, 5) is 10.6. The Morgan fingerprint density at radius 3 is 2.63 bits per heavy atom. The molecule has 0 unspecified atom stereocenters. The van der Waals surface area contributed by atoms with Crippen LogP contribution in [-0.2, 0) is 4.74 Å². The smallest absolute Gasteiger partial charge is 0.154 e. The maximum absolute atomic E-state index is 14.5. The van der Waals surface area contributed by atoms with Crippen LogP contribution < -0.4 is 4.90 Å². The minimum atomic E-state index is -1.18. The van der Waals surface area contributed by atoms with Gasteiger partial charge in [0.05, 0.1) is 43.4 Å². The Balaban J connectivity index is 1.29. The maximum Gasteiger partial charge on any atom is 0.154 e. The van der Waals surface area contributed by atoms with E-state index in [2.05, 4.69) is 21.1 Å². The summed E-state index contributed by atoms with van der Waals surface area (Å²) >= 11 is 0. The minimum Gasteiger partial charge on any atom is -0.380 e. The molecule has 2 aliphatic rings. The van der Waals surface area contributed by atoms with E-state index in [4.69, 9.17) is 4.74 Å². The van der Waals surface area contributed by atoms with Crippen LogP contribution >= 0.6 is 0 Å². The van der Waals surface area contributed by atoms with Crippen LogP contribution in [0.3, 0.4) is 0 Å². The maximum atomic E-state index is 14.5. The number of aromatic nitrogens is 4. The Bertz CT molecular complexity index is 1400. The Morgan fingerprint density at radius 2 is 1.86 bits per heavy atom. The predicted octanol–water partition coefficient (Wildman–Crippen LogP) is 4.98. The molecule has 2 aliphatic heterocycles. The third kappa shape index (κ3) is 4.16. The molecule has 2 atom stereocenters. The van der Waals surface area contributed by atoms with Gasteiger partial charge in [-0.1, -0.05) is 6.07 Å². The lowest BCUT2D eigenvalue weighted by molar-refractivity contribution is 0.00829. The average molecular weight is 477 g/mol. The average Bonchev–Trinajstić information content (AvgIpc) is 3.42. The van der Waals surface area contributed by atoms with Crippen LogP contribution in [0.5, 0.6) is 0 Å². The molecule has 0 aliphatic carbocycles. The van der Waals surface area contributed by atoms with Crippen LogP contribution in [0.1, 0.15) is 40.9 Å². The molecule has 9 heteroatoms. The normalized spacial score (nSPS) is 20.7. The lowest BCUT2D eigenvalue weighted by Gasteiger charge is -2.26. The number of anilines is 1. The molecule has 2 fully saturated rings. The second-order valence-corrected chi connectivity index (χ2v) is 8.90. The van der Waals surface area contributed by atoms with E-state index < -0.39 is 23.8 Å². The molecule has 0 saturated carbocycles. The SMILES string of the molecule is Fc1ccc(F)c([C@H]2C[C@H](F)CN2c2ccc3ncc(/C=C/c4ccc(C5COC5)cn4)n3n2)c1. The second-order valence-electron chi connectivity index (χ2n) is 8.90. The minimum absolute atomic E-state index is 0.0430. The van der Waals surface area contributed by atoms with E-state index in [0.29, 0.717) is 23.1 Å². The van der Waals surface area contributed by atoms with E-state index in [1.165, 1.54) is 0 Å². The molecule has 5 heterocycles. The third-order valence-corrected chi connectivity index (χ3v) is 6.58. The van der Waals surface area contributed by atoms with Gasteiger partial charge in [-0.05, 0) is 54.1 Å². The van der Waals surface area contributed by atoms with Gasteiger partial charge in [0.1, 0.15) is 23.6 Å². The first-order chi connectivity index (χ1) is 17.0. The fourth-order valence-electron chi connectivity index (χ4n) is 4.61. The van der Waals surface area contributed by atoms with E-state index in [0.717, 1.165) is 42.7 Å². The number of rotatable bonds is 5. The van der Waals surface area contributed by atoms with Gasteiger partial charge in [-0.15, -0.1) is 5.10 Å². The lowest BCUT2D eigenvalue weighted by Crippen LogP contribution is -2.26. The molecule has 2 saturated heterocycles. The molecule has 35 heavy (non-hydrogen) atoms. The van der Waals surface area contributed by atoms with E-state index in [1.807, 2.05) is 24.4 Å². The van der Waals surface area contributed by atoms with Crippen molar-refractivity contribution in [3.63, 3.8) is 0 Å². The van der Waals surface area contributed by atoms with Crippen molar-refractivity contribution in [3.05, 3.63) is 89.0 Å². The van der Waals surface area contributed by atoms with Crippen molar-refractivity contribution >= 4 is 23.6 Å². The number of benzene rings is 1. The van der Waals surface area contributed by atoms with Gasteiger partial charge in [-0.25, -0.2) is 22.7 Å². The van der Waals surface area contributed by atoms with Gasteiger partial charge in [0.2, 0.25) is 0 Å². The molecule has 0 spiro atoms. The molecular formula is C26H22F3N5O. The summed E-state index contributed by atoms with van der Waals surface area (Å²) < 4.78 is 49.6. The van der Waals surface area contributed by atoms with Crippen LogP contribution in [0.4, 0.5) is 19.0 Å². The molecule has 3 aromatic heterocycles. The van der Waals surface area contributed by atoms with Gasteiger partial charge in [0.15, 0.2) is 5.65 Å². The van der Waals surface area contributed by atoms with Crippen molar-refractivity contribution in [2.24, 2.45) is 0 Å². The third-order valence-electron chi connectivity index (χ3n) is 6.58. The predicted molar refractivity (Wildman–Crippen MR) is 126 cm³/mol. The lowest BCUT2D eigenvalue weighted by atomic mass is 9.99. The number of pyridine rings is 1. The number of fused-ring (bicyclic) bond motifs is 1. The highest BCUT2D eigenvalue weighted by Gasteiger charge is 2.36. The zero-order valence-electron chi connectivity index (χ0n) is 18.7. The van der Waals surface area contributed by atoms with Crippen molar-refractivity contribution in [3.8, 4) is 0 Å². The summed E-state index contributed by atoms with van der Waals surface area (Å²) in [5.41, 5.74) is 3.41. The fraction of sp³-hybridized carbons (Fsp3) is 0.269.